The Bertz CT molecular complexity index is 899. The molecule has 24 heavy (non-hydrogen) atoms. The Morgan fingerprint density at radius 3 is 2.62 bits per heavy atom. The summed E-state index contributed by atoms with van der Waals surface area (Å²) in [6.45, 7) is 0. The SMILES string of the molecule is O=C(Cc1coc2ccc(F)cc12)Nc1ccccc1C(F)(F)F. The minimum absolute atomic E-state index is 0.233. The topological polar surface area (TPSA) is 42.2 Å². The van der Waals surface area contributed by atoms with E-state index in [4.69, 9.17) is 4.42 Å². The van der Waals surface area contributed by atoms with E-state index in [0.29, 0.717) is 16.5 Å². The van der Waals surface area contributed by atoms with Gasteiger partial charge in [0.2, 0.25) is 5.91 Å². The molecular formula is C17H11F4NO2. The molecule has 3 aromatic rings. The molecule has 0 unspecified atom stereocenters. The van der Waals surface area contributed by atoms with Gasteiger partial charge in [0.05, 0.1) is 23.9 Å². The van der Waals surface area contributed by atoms with Crippen LogP contribution in [-0.2, 0) is 17.4 Å². The van der Waals surface area contributed by atoms with Crippen molar-refractivity contribution in [3.63, 3.8) is 0 Å². The normalized spacial score (nSPS) is 11.7. The van der Waals surface area contributed by atoms with E-state index in [1.165, 1.54) is 42.7 Å². The molecule has 0 saturated heterocycles. The Labute approximate surface area is 133 Å². The number of amides is 1. The number of halogens is 4. The number of para-hydroxylation sites is 1. The van der Waals surface area contributed by atoms with E-state index in [1.54, 1.807) is 0 Å². The van der Waals surface area contributed by atoms with Gasteiger partial charge in [0.1, 0.15) is 11.4 Å². The fourth-order valence-corrected chi connectivity index (χ4v) is 2.40. The Morgan fingerprint density at radius 1 is 1.12 bits per heavy atom. The van der Waals surface area contributed by atoms with Crippen LogP contribution in [0.3, 0.4) is 0 Å². The fourth-order valence-electron chi connectivity index (χ4n) is 2.40. The second-order valence-corrected chi connectivity index (χ2v) is 5.17. The molecule has 1 N–H and O–H groups in total. The number of alkyl halides is 3. The standard InChI is InChI=1S/C17H11F4NO2/c18-11-5-6-15-12(8-11)10(9-24-15)7-16(23)22-14-4-2-1-3-13(14)17(19,20)21/h1-6,8-9H,7H2,(H,22,23). The molecule has 3 rings (SSSR count). The molecule has 0 saturated carbocycles. The minimum atomic E-state index is -4.57. The summed E-state index contributed by atoms with van der Waals surface area (Å²) in [4.78, 5) is 12.1. The Morgan fingerprint density at radius 2 is 1.88 bits per heavy atom. The van der Waals surface area contributed by atoms with E-state index in [-0.39, 0.29) is 12.1 Å². The third-order valence-electron chi connectivity index (χ3n) is 3.47. The molecule has 1 amide bonds. The summed E-state index contributed by atoms with van der Waals surface area (Å²) in [5.41, 5.74) is -0.461. The molecule has 124 valence electrons. The van der Waals surface area contributed by atoms with Crippen molar-refractivity contribution < 1.29 is 26.8 Å². The van der Waals surface area contributed by atoms with Crippen LogP contribution in [0.5, 0.6) is 0 Å². The summed E-state index contributed by atoms with van der Waals surface area (Å²) < 4.78 is 57.3. The van der Waals surface area contributed by atoms with E-state index >= 15 is 0 Å². The summed E-state index contributed by atoms with van der Waals surface area (Å²) >= 11 is 0. The van der Waals surface area contributed by atoms with E-state index < -0.39 is 23.5 Å². The van der Waals surface area contributed by atoms with E-state index in [2.05, 4.69) is 5.32 Å². The summed E-state index contributed by atoms with van der Waals surface area (Å²) in [7, 11) is 0. The van der Waals surface area contributed by atoms with Gasteiger partial charge in [-0.05, 0) is 30.3 Å². The zero-order valence-corrected chi connectivity index (χ0v) is 12.2. The first kappa shape index (κ1) is 16.0. The van der Waals surface area contributed by atoms with Gasteiger partial charge in [0, 0.05) is 10.9 Å². The highest BCUT2D eigenvalue weighted by molar-refractivity contribution is 5.95. The first-order valence-electron chi connectivity index (χ1n) is 6.96. The van der Waals surface area contributed by atoms with Crippen LogP contribution >= 0.6 is 0 Å². The quantitative estimate of drug-likeness (QED) is 0.700. The number of hydrogen-bond acceptors (Lipinski definition) is 2. The van der Waals surface area contributed by atoms with Crippen molar-refractivity contribution in [1.29, 1.82) is 0 Å². The van der Waals surface area contributed by atoms with Crippen LogP contribution in [-0.4, -0.2) is 5.91 Å². The number of rotatable bonds is 3. The van der Waals surface area contributed by atoms with Crippen LogP contribution in [0.1, 0.15) is 11.1 Å². The minimum Gasteiger partial charge on any atom is -0.464 e. The smallest absolute Gasteiger partial charge is 0.418 e. The number of carbonyl (C=O) groups excluding carboxylic acids is 1. The molecule has 0 aliphatic carbocycles. The molecule has 1 aromatic heterocycles. The maximum atomic E-state index is 13.3. The predicted octanol–water partition coefficient (Wildman–Crippen LogP) is 4.77. The van der Waals surface area contributed by atoms with Crippen LogP contribution in [0.25, 0.3) is 11.0 Å². The summed E-state index contributed by atoms with van der Waals surface area (Å²) in [5, 5.41) is 2.65. The molecular weight excluding hydrogens is 326 g/mol. The summed E-state index contributed by atoms with van der Waals surface area (Å²) in [6, 6.07) is 8.55. The predicted molar refractivity (Wildman–Crippen MR) is 79.9 cm³/mol. The first-order valence-corrected chi connectivity index (χ1v) is 6.96. The maximum absolute atomic E-state index is 13.3. The molecule has 0 aliphatic heterocycles. The lowest BCUT2D eigenvalue weighted by Crippen LogP contribution is -2.18. The van der Waals surface area contributed by atoms with Gasteiger partial charge < -0.3 is 9.73 Å². The van der Waals surface area contributed by atoms with Crippen LogP contribution in [0.2, 0.25) is 0 Å². The van der Waals surface area contributed by atoms with Gasteiger partial charge in [-0.3, -0.25) is 4.79 Å². The summed E-state index contributed by atoms with van der Waals surface area (Å²) in [5.74, 6) is -1.15. The van der Waals surface area contributed by atoms with Gasteiger partial charge in [-0.25, -0.2) is 4.39 Å². The van der Waals surface area contributed by atoms with Crippen molar-refractivity contribution in [3.05, 3.63) is 65.7 Å². The monoisotopic (exact) mass is 337 g/mol. The number of carbonyl (C=O) groups is 1. The number of benzene rings is 2. The molecule has 0 spiro atoms. The van der Waals surface area contributed by atoms with Crippen molar-refractivity contribution in [3.8, 4) is 0 Å². The highest BCUT2D eigenvalue weighted by atomic mass is 19.4. The van der Waals surface area contributed by atoms with Crippen molar-refractivity contribution >= 4 is 22.6 Å². The van der Waals surface area contributed by atoms with E-state index in [0.717, 1.165) is 6.07 Å². The highest BCUT2D eigenvalue weighted by Crippen LogP contribution is 2.34. The largest absolute Gasteiger partial charge is 0.464 e. The third-order valence-corrected chi connectivity index (χ3v) is 3.47. The van der Waals surface area contributed by atoms with E-state index in [9.17, 15) is 22.4 Å². The Hall–Kier alpha value is -2.83. The molecule has 0 bridgehead atoms. The molecule has 0 atom stereocenters. The van der Waals surface area contributed by atoms with E-state index in [1.807, 2.05) is 0 Å². The van der Waals surface area contributed by atoms with Crippen LogP contribution in [0.4, 0.5) is 23.2 Å². The number of anilines is 1. The van der Waals surface area contributed by atoms with Crippen LogP contribution in [0.15, 0.2) is 53.1 Å². The lowest BCUT2D eigenvalue weighted by molar-refractivity contribution is -0.137. The molecule has 3 nitrogen and oxygen atoms in total. The zero-order chi connectivity index (χ0) is 17.3. The Kier molecular flexibility index (Phi) is 4.01. The van der Waals surface area contributed by atoms with Gasteiger partial charge in [-0.2, -0.15) is 13.2 Å². The first-order chi connectivity index (χ1) is 11.3. The molecule has 2 aromatic carbocycles. The number of furan rings is 1. The molecule has 0 radical (unpaired) electrons. The van der Waals surface area contributed by atoms with Gasteiger partial charge in [0.25, 0.3) is 0 Å². The zero-order valence-electron chi connectivity index (χ0n) is 12.2. The number of nitrogens with one attached hydrogen (secondary N) is 1. The molecule has 1 heterocycles. The highest BCUT2D eigenvalue weighted by Gasteiger charge is 2.33. The average molecular weight is 337 g/mol. The molecule has 0 fully saturated rings. The average Bonchev–Trinajstić information content (AvgIpc) is 2.89. The number of hydrogen-bond donors (Lipinski definition) is 1. The molecule has 0 aliphatic rings. The second-order valence-electron chi connectivity index (χ2n) is 5.17. The van der Waals surface area contributed by atoms with Gasteiger partial charge >= 0.3 is 6.18 Å². The van der Waals surface area contributed by atoms with Gasteiger partial charge in [-0.1, -0.05) is 12.1 Å². The van der Waals surface area contributed by atoms with Crippen LogP contribution < -0.4 is 5.32 Å². The summed E-state index contributed by atoms with van der Waals surface area (Å²) in [6.07, 6.45) is -3.52. The second kappa shape index (κ2) is 5.99. The van der Waals surface area contributed by atoms with Crippen LogP contribution in [0, 0.1) is 5.82 Å². The Balaban J connectivity index is 1.82. The van der Waals surface area contributed by atoms with Gasteiger partial charge in [0.15, 0.2) is 0 Å². The lowest BCUT2D eigenvalue weighted by atomic mass is 10.1. The molecule has 7 heteroatoms. The van der Waals surface area contributed by atoms with Crippen molar-refractivity contribution in [1.82, 2.24) is 0 Å². The van der Waals surface area contributed by atoms with Gasteiger partial charge in [-0.15, -0.1) is 0 Å². The van der Waals surface area contributed by atoms with Crippen molar-refractivity contribution in [2.45, 2.75) is 12.6 Å². The third kappa shape index (κ3) is 3.24. The lowest BCUT2D eigenvalue weighted by Gasteiger charge is -2.13. The van der Waals surface area contributed by atoms with Crippen molar-refractivity contribution in [2.24, 2.45) is 0 Å². The maximum Gasteiger partial charge on any atom is 0.418 e. The fraction of sp³-hybridized carbons (Fsp3) is 0.118. The number of fused-ring (bicyclic) bond motifs is 1. The van der Waals surface area contributed by atoms with Crippen molar-refractivity contribution in [2.75, 3.05) is 5.32 Å².